The van der Waals surface area contributed by atoms with Gasteiger partial charge in [0, 0.05) is 45.0 Å². The summed E-state index contributed by atoms with van der Waals surface area (Å²) in [5.74, 6) is 0. The summed E-state index contributed by atoms with van der Waals surface area (Å²) in [6.07, 6.45) is 5.99. The molecule has 0 saturated carbocycles. The maximum atomic E-state index is 5.77. The molecule has 2 N–H and O–H groups in total. The minimum atomic E-state index is 0.541. The number of piperazine rings is 1. The number of rotatable bonds is 3. The highest BCUT2D eigenvalue weighted by Crippen LogP contribution is 2.22. The van der Waals surface area contributed by atoms with Crippen LogP contribution in [0.25, 0.3) is 0 Å². The molecule has 1 unspecified atom stereocenters. The first-order valence-electron chi connectivity index (χ1n) is 7.46. The molecule has 0 amide bonds. The van der Waals surface area contributed by atoms with Gasteiger partial charge in [-0.1, -0.05) is 12.5 Å². The van der Waals surface area contributed by atoms with Gasteiger partial charge in [-0.05, 0) is 31.0 Å². The van der Waals surface area contributed by atoms with Crippen LogP contribution < -0.4 is 5.73 Å². The van der Waals surface area contributed by atoms with E-state index in [0.717, 1.165) is 18.3 Å². The summed E-state index contributed by atoms with van der Waals surface area (Å²) in [5, 5.41) is 0. The van der Waals surface area contributed by atoms with E-state index in [0.29, 0.717) is 6.54 Å². The van der Waals surface area contributed by atoms with E-state index < -0.39 is 0 Å². The summed E-state index contributed by atoms with van der Waals surface area (Å²) in [6.45, 7) is 6.46. The molecule has 1 atom stereocenters. The Labute approximate surface area is 115 Å². The van der Waals surface area contributed by atoms with Crippen molar-refractivity contribution >= 4 is 0 Å². The minimum Gasteiger partial charge on any atom is -0.325 e. The third kappa shape index (κ3) is 2.96. The molecule has 2 saturated heterocycles. The molecule has 0 aliphatic carbocycles. The molecule has 1 aromatic rings. The van der Waals surface area contributed by atoms with Crippen LogP contribution in [0.1, 0.15) is 30.5 Å². The summed E-state index contributed by atoms with van der Waals surface area (Å²) >= 11 is 0. The normalized spacial score (nSPS) is 25.2. The van der Waals surface area contributed by atoms with Gasteiger partial charge in [0.05, 0.1) is 5.69 Å². The van der Waals surface area contributed by atoms with E-state index in [2.05, 4.69) is 20.9 Å². The standard InChI is InChI=1S/C15H24N4/c16-10-15-13(4-3-6-17-15)11-18-8-9-19-7-2-1-5-14(19)12-18/h3-4,6,14H,1-2,5,7-12,16H2. The second-order valence-electron chi connectivity index (χ2n) is 5.73. The highest BCUT2D eigenvalue weighted by molar-refractivity contribution is 5.19. The van der Waals surface area contributed by atoms with E-state index in [1.807, 2.05) is 12.3 Å². The third-order valence-corrected chi connectivity index (χ3v) is 4.49. The Morgan fingerprint density at radius 2 is 2.21 bits per heavy atom. The predicted octanol–water partition coefficient (Wildman–Crippen LogP) is 1.21. The van der Waals surface area contributed by atoms with Gasteiger partial charge in [0.1, 0.15) is 0 Å². The molecule has 19 heavy (non-hydrogen) atoms. The number of pyridine rings is 1. The Morgan fingerprint density at radius 3 is 3.11 bits per heavy atom. The smallest absolute Gasteiger partial charge is 0.0584 e. The monoisotopic (exact) mass is 260 g/mol. The fourth-order valence-corrected chi connectivity index (χ4v) is 3.40. The van der Waals surface area contributed by atoms with Crippen molar-refractivity contribution < 1.29 is 0 Å². The van der Waals surface area contributed by atoms with Crippen LogP contribution in [0.15, 0.2) is 18.3 Å². The number of hydrogen-bond acceptors (Lipinski definition) is 4. The molecule has 3 rings (SSSR count). The molecule has 0 bridgehead atoms. The van der Waals surface area contributed by atoms with Crippen molar-refractivity contribution in [3.63, 3.8) is 0 Å². The van der Waals surface area contributed by atoms with E-state index in [9.17, 15) is 0 Å². The van der Waals surface area contributed by atoms with Gasteiger partial charge in [-0.3, -0.25) is 14.8 Å². The molecule has 0 aromatic carbocycles. The Hall–Kier alpha value is -0.970. The second-order valence-corrected chi connectivity index (χ2v) is 5.73. The third-order valence-electron chi connectivity index (χ3n) is 4.49. The van der Waals surface area contributed by atoms with Crippen molar-refractivity contribution in [2.24, 2.45) is 5.73 Å². The van der Waals surface area contributed by atoms with E-state index in [-0.39, 0.29) is 0 Å². The van der Waals surface area contributed by atoms with Crippen molar-refractivity contribution in [3.8, 4) is 0 Å². The average Bonchev–Trinajstić information content (AvgIpc) is 2.48. The van der Waals surface area contributed by atoms with Crippen molar-refractivity contribution in [1.29, 1.82) is 0 Å². The van der Waals surface area contributed by atoms with Crippen molar-refractivity contribution in [1.82, 2.24) is 14.8 Å². The molecule has 2 aliphatic rings. The highest BCUT2D eigenvalue weighted by atomic mass is 15.3. The zero-order valence-corrected chi connectivity index (χ0v) is 11.6. The first-order chi connectivity index (χ1) is 9.36. The molecule has 2 aliphatic heterocycles. The summed E-state index contributed by atoms with van der Waals surface area (Å²) in [4.78, 5) is 9.63. The largest absolute Gasteiger partial charge is 0.325 e. The van der Waals surface area contributed by atoms with Crippen LogP contribution in [-0.2, 0) is 13.1 Å². The van der Waals surface area contributed by atoms with Gasteiger partial charge in [0.25, 0.3) is 0 Å². The van der Waals surface area contributed by atoms with Gasteiger partial charge in [0.15, 0.2) is 0 Å². The number of nitrogens with zero attached hydrogens (tertiary/aromatic N) is 3. The van der Waals surface area contributed by atoms with E-state index in [1.54, 1.807) is 0 Å². The molecule has 4 heteroatoms. The van der Waals surface area contributed by atoms with E-state index in [4.69, 9.17) is 5.73 Å². The summed E-state index contributed by atoms with van der Waals surface area (Å²) < 4.78 is 0. The summed E-state index contributed by atoms with van der Waals surface area (Å²) in [5.41, 5.74) is 8.12. The molecule has 0 spiro atoms. The number of aromatic nitrogens is 1. The number of nitrogens with two attached hydrogens (primary N) is 1. The number of hydrogen-bond donors (Lipinski definition) is 1. The van der Waals surface area contributed by atoms with Gasteiger partial charge in [0.2, 0.25) is 0 Å². The topological polar surface area (TPSA) is 45.4 Å². The van der Waals surface area contributed by atoms with E-state index >= 15 is 0 Å². The van der Waals surface area contributed by atoms with Crippen LogP contribution >= 0.6 is 0 Å². The van der Waals surface area contributed by atoms with Crippen LogP contribution in [0.4, 0.5) is 0 Å². The number of fused-ring (bicyclic) bond motifs is 1. The van der Waals surface area contributed by atoms with Crippen LogP contribution in [0.2, 0.25) is 0 Å². The molecular weight excluding hydrogens is 236 g/mol. The molecular formula is C15H24N4. The van der Waals surface area contributed by atoms with Gasteiger partial charge in [-0.2, -0.15) is 0 Å². The lowest BCUT2D eigenvalue weighted by Crippen LogP contribution is -2.54. The fourth-order valence-electron chi connectivity index (χ4n) is 3.40. The minimum absolute atomic E-state index is 0.541. The number of piperidine rings is 1. The lowest BCUT2D eigenvalue weighted by molar-refractivity contribution is 0.0455. The molecule has 1 aromatic heterocycles. The van der Waals surface area contributed by atoms with Crippen molar-refractivity contribution in [2.75, 3.05) is 26.2 Å². The van der Waals surface area contributed by atoms with Crippen molar-refractivity contribution in [3.05, 3.63) is 29.6 Å². The molecule has 3 heterocycles. The van der Waals surface area contributed by atoms with Crippen LogP contribution in [0.5, 0.6) is 0 Å². The molecule has 104 valence electrons. The van der Waals surface area contributed by atoms with Crippen LogP contribution in [0, 0.1) is 0 Å². The zero-order valence-electron chi connectivity index (χ0n) is 11.6. The molecule has 0 radical (unpaired) electrons. The van der Waals surface area contributed by atoms with Gasteiger partial charge in [-0.25, -0.2) is 0 Å². The Balaban J connectivity index is 1.64. The first kappa shape index (κ1) is 13.0. The SMILES string of the molecule is NCc1ncccc1CN1CCN2CCCCC2C1. The first-order valence-corrected chi connectivity index (χ1v) is 7.46. The lowest BCUT2D eigenvalue weighted by Gasteiger charge is -2.44. The van der Waals surface area contributed by atoms with Crippen LogP contribution in [0.3, 0.4) is 0 Å². The maximum Gasteiger partial charge on any atom is 0.0584 e. The predicted molar refractivity (Wildman–Crippen MR) is 76.6 cm³/mol. The van der Waals surface area contributed by atoms with Crippen LogP contribution in [-0.4, -0.2) is 47.0 Å². The highest BCUT2D eigenvalue weighted by Gasteiger charge is 2.28. The zero-order chi connectivity index (χ0) is 13.1. The van der Waals surface area contributed by atoms with E-state index in [1.165, 1.54) is 51.0 Å². The Bertz CT molecular complexity index is 420. The average molecular weight is 260 g/mol. The van der Waals surface area contributed by atoms with Gasteiger partial charge in [-0.15, -0.1) is 0 Å². The molecule has 2 fully saturated rings. The second kappa shape index (κ2) is 5.99. The summed E-state index contributed by atoms with van der Waals surface area (Å²) in [6, 6.07) is 4.97. The van der Waals surface area contributed by atoms with Gasteiger partial charge < -0.3 is 5.73 Å². The Morgan fingerprint density at radius 1 is 1.26 bits per heavy atom. The maximum absolute atomic E-state index is 5.77. The molecule has 4 nitrogen and oxygen atoms in total. The summed E-state index contributed by atoms with van der Waals surface area (Å²) in [7, 11) is 0. The van der Waals surface area contributed by atoms with Crippen molar-refractivity contribution in [2.45, 2.75) is 38.4 Å². The quantitative estimate of drug-likeness (QED) is 0.887. The Kier molecular flexibility index (Phi) is 4.11. The lowest BCUT2D eigenvalue weighted by atomic mass is 9.99. The van der Waals surface area contributed by atoms with Gasteiger partial charge >= 0.3 is 0 Å². The fraction of sp³-hybridized carbons (Fsp3) is 0.667.